The molecule has 3 aromatic rings. The van der Waals surface area contributed by atoms with Gasteiger partial charge in [-0.15, -0.1) is 0 Å². The number of aliphatic hydroxyl groups is 1. The Bertz CT molecular complexity index is 1420. The lowest BCUT2D eigenvalue weighted by Gasteiger charge is -2.27. The zero-order chi connectivity index (χ0) is 28.8. The number of rotatable bonds is 11. The van der Waals surface area contributed by atoms with Gasteiger partial charge >= 0.3 is 5.97 Å². The van der Waals surface area contributed by atoms with Gasteiger partial charge in [0.1, 0.15) is 11.9 Å². The number of nitrogens with one attached hydrogen (secondary N) is 1. The van der Waals surface area contributed by atoms with Gasteiger partial charge in [-0.3, -0.25) is 4.79 Å². The standard InChI is InChI=1S/C34H37FN2O3/c1-6-11-27(7-2)36-23(5)31-32(24-12-9-8-10-13-24)34(25-14-16-26(35)17-15-25)37(33(31)22(3)4)19-18-29-20-28(38)21-30(39)40-29/h6-17,22,28-29,36,38H,1-2,5,18-21H2,3-4H3/b27-11+/t28?,29-/m1/s1. The quantitative estimate of drug-likeness (QED) is 0.197. The number of carbonyl (C=O) groups is 1. The number of esters is 1. The molecule has 1 saturated heterocycles. The number of hydrogen-bond acceptors (Lipinski definition) is 4. The average Bonchev–Trinajstić information content (AvgIpc) is 3.27. The summed E-state index contributed by atoms with van der Waals surface area (Å²) in [5.41, 5.74) is 7.17. The smallest absolute Gasteiger partial charge is 0.308 e. The van der Waals surface area contributed by atoms with E-state index in [9.17, 15) is 14.3 Å². The van der Waals surface area contributed by atoms with E-state index in [0.29, 0.717) is 25.1 Å². The van der Waals surface area contributed by atoms with Gasteiger partial charge in [0.15, 0.2) is 0 Å². The molecule has 40 heavy (non-hydrogen) atoms. The maximum atomic E-state index is 14.1. The van der Waals surface area contributed by atoms with Crippen molar-refractivity contribution in [3.63, 3.8) is 0 Å². The second kappa shape index (κ2) is 12.8. The highest BCUT2D eigenvalue weighted by molar-refractivity contribution is 5.93. The van der Waals surface area contributed by atoms with E-state index in [1.807, 2.05) is 24.3 Å². The van der Waals surface area contributed by atoms with E-state index in [1.165, 1.54) is 12.1 Å². The Hall–Kier alpha value is -4.16. The van der Waals surface area contributed by atoms with E-state index in [4.69, 9.17) is 4.74 Å². The number of aliphatic hydroxyl groups excluding tert-OH is 1. The van der Waals surface area contributed by atoms with Crippen molar-refractivity contribution in [2.24, 2.45) is 0 Å². The van der Waals surface area contributed by atoms with Crippen molar-refractivity contribution in [2.45, 2.75) is 57.8 Å². The first-order chi connectivity index (χ1) is 19.2. The van der Waals surface area contributed by atoms with Gasteiger partial charge in [0.2, 0.25) is 0 Å². The van der Waals surface area contributed by atoms with Crippen LogP contribution >= 0.6 is 0 Å². The molecule has 0 amide bonds. The number of hydrogen-bond donors (Lipinski definition) is 2. The van der Waals surface area contributed by atoms with Gasteiger partial charge in [-0.1, -0.05) is 70.0 Å². The minimum atomic E-state index is -0.703. The first-order valence-electron chi connectivity index (χ1n) is 13.6. The molecule has 1 unspecified atom stereocenters. The van der Waals surface area contributed by atoms with E-state index in [0.717, 1.165) is 39.3 Å². The Morgan fingerprint density at radius 1 is 1.15 bits per heavy atom. The van der Waals surface area contributed by atoms with Gasteiger partial charge in [-0.25, -0.2) is 4.39 Å². The lowest BCUT2D eigenvalue weighted by atomic mass is 9.93. The molecular weight excluding hydrogens is 503 g/mol. The Morgan fingerprint density at radius 2 is 1.85 bits per heavy atom. The molecule has 4 rings (SSSR count). The van der Waals surface area contributed by atoms with Crippen LogP contribution in [0.4, 0.5) is 4.39 Å². The van der Waals surface area contributed by atoms with Gasteiger partial charge in [0, 0.05) is 47.6 Å². The lowest BCUT2D eigenvalue weighted by Crippen LogP contribution is -2.33. The summed E-state index contributed by atoms with van der Waals surface area (Å²) in [6, 6.07) is 16.6. The van der Waals surface area contributed by atoms with E-state index < -0.39 is 12.2 Å². The summed E-state index contributed by atoms with van der Waals surface area (Å²) in [7, 11) is 0. The average molecular weight is 541 g/mol. The molecule has 2 aromatic carbocycles. The van der Waals surface area contributed by atoms with E-state index >= 15 is 0 Å². The lowest BCUT2D eigenvalue weighted by molar-refractivity contribution is -0.160. The van der Waals surface area contributed by atoms with Crippen LogP contribution in [0, 0.1) is 5.82 Å². The zero-order valence-corrected chi connectivity index (χ0v) is 23.2. The molecule has 2 heterocycles. The molecule has 0 aliphatic carbocycles. The molecule has 0 bridgehead atoms. The SMILES string of the molecule is C=C/C=C(\C=C)NC(=C)c1c(-c2ccccc2)c(-c2ccc(F)cc2)n(CC[C@@H]2CC(O)CC(=O)O2)c1C(C)C. The van der Waals surface area contributed by atoms with Gasteiger partial charge in [-0.2, -0.15) is 0 Å². The van der Waals surface area contributed by atoms with Crippen LogP contribution in [-0.4, -0.2) is 27.9 Å². The molecule has 0 spiro atoms. The van der Waals surface area contributed by atoms with E-state index in [2.05, 4.69) is 55.6 Å². The highest BCUT2D eigenvalue weighted by Gasteiger charge is 2.31. The minimum absolute atomic E-state index is 0.0236. The molecule has 5 nitrogen and oxygen atoms in total. The molecule has 1 fully saturated rings. The van der Waals surface area contributed by atoms with Crippen LogP contribution in [0.15, 0.2) is 98.3 Å². The molecule has 1 aliphatic heterocycles. The largest absolute Gasteiger partial charge is 0.462 e. The fraction of sp³-hybridized carbons (Fsp3) is 0.265. The molecule has 0 saturated carbocycles. The van der Waals surface area contributed by atoms with Gasteiger partial charge in [0.25, 0.3) is 0 Å². The van der Waals surface area contributed by atoms with Crippen LogP contribution in [0.2, 0.25) is 0 Å². The number of carbonyl (C=O) groups excluding carboxylic acids is 1. The van der Waals surface area contributed by atoms with E-state index in [-0.39, 0.29) is 24.1 Å². The third kappa shape index (κ3) is 6.35. The molecule has 208 valence electrons. The molecular formula is C34H37FN2O3. The minimum Gasteiger partial charge on any atom is -0.462 e. The number of nitrogens with zero attached hydrogens (tertiary/aromatic N) is 1. The zero-order valence-electron chi connectivity index (χ0n) is 23.2. The second-order valence-electron chi connectivity index (χ2n) is 10.3. The number of allylic oxidation sites excluding steroid dienone is 3. The molecule has 1 aliphatic rings. The summed E-state index contributed by atoms with van der Waals surface area (Å²) in [6.07, 6.45) is 5.08. The fourth-order valence-corrected chi connectivity index (χ4v) is 5.40. The third-order valence-electron chi connectivity index (χ3n) is 7.06. The first-order valence-corrected chi connectivity index (χ1v) is 13.6. The predicted molar refractivity (Wildman–Crippen MR) is 160 cm³/mol. The van der Waals surface area contributed by atoms with Crippen LogP contribution < -0.4 is 5.32 Å². The monoisotopic (exact) mass is 540 g/mol. The Labute approximate surface area is 236 Å². The maximum Gasteiger partial charge on any atom is 0.308 e. The van der Waals surface area contributed by atoms with Crippen molar-refractivity contribution in [1.82, 2.24) is 9.88 Å². The summed E-state index contributed by atoms with van der Waals surface area (Å²) in [4.78, 5) is 12.0. The predicted octanol–water partition coefficient (Wildman–Crippen LogP) is 7.36. The maximum absolute atomic E-state index is 14.1. The number of aromatic nitrogens is 1. The first kappa shape index (κ1) is 28.8. The highest BCUT2D eigenvalue weighted by Crippen LogP contribution is 2.44. The summed E-state index contributed by atoms with van der Waals surface area (Å²) >= 11 is 0. The van der Waals surface area contributed by atoms with Crippen LogP contribution in [0.25, 0.3) is 28.1 Å². The van der Waals surface area contributed by atoms with Crippen LogP contribution in [0.5, 0.6) is 0 Å². The normalized spacial score (nSPS) is 17.4. The van der Waals surface area contributed by atoms with Gasteiger partial charge < -0.3 is 19.7 Å². The Morgan fingerprint density at radius 3 is 2.45 bits per heavy atom. The van der Waals surface area contributed by atoms with E-state index in [1.54, 1.807) is 24.3 Å². The van der Waals surface area contributed by atoms with Crippen molar-refractivity contribution < 1.29 is 19.0 Å². The number of ether oxygens (including phenoxy) is 1. The molecule has 0 radical (unpaired) electrons. The number of halogens is 1. The molecule has 1 aromatic heterocycles. The molecule has 6 heteroatoms. The third-order valence-corrected chi connectivity index (χ3v) is 7.06. The van der Waals surface area contributed by atoms with Crippen molar-refractivity contribution in [3.05, 3.63) is 115 Å². The van der Waals surface area contributed by atoms with Crippen LogP contribution in [-0.2, 0) is 16.1 Å². The summed E-state index contributed by atoms with van der Waals surface area (Å²) in [6.45, 7) is 16.9. The van der Waals surface area contributed by atoms with Crippen molar-refractivity contribution in [1.29, 1.82) is 0 Å². The second-order valence-corrected chi connectivity index (χ2v) is 10.3. The Balaban J connectivity index is 1.96. The summed E-state index contributed by atoms with van der Waals surface area (Å²) < 4.78 is 21.9. The number of benzene rings is 2. The fourth-order valence-electron chi connectivity index (χ4n) is 5.40. The van der Waals surface area contributed by atoms with Gasteiger partial charge in [0.05, 0.1) is 18.2 Å². The molecule has 2 atom stereocenters. The summed E-state index contributed by atoms with van der Waals surface area (Å²) in [5, 5.41) is 13.6. The van der Waals surface area contributed by atoms with Crippen molar-refractivity contribution in [2.75, 3.05) is 0 Å². The topological polar surface area (TPSA) is 63.5 Å². The summed E-state index contributed by atoms with van der Waals surface area (Å²) in [5.74, 6) is -0.611. The van der Waals surface area contributed by atoms with Crippen LogP contribution in [0.1, 0.15) is 50.3 Å². The number of cyclic esters (lactones) is 1. The highest BCUT2D eigenvalue weighted by atomic mass is 19.1. The van der Waals surface area contributed by atoms with Crippen molar-refractivity contribution >= 4 is 11.7 Å². The van der Waals surface area contributed by atoms with Gasteiger partial charge in [-0.05, 0) is 53.5 Å². The Kier molecular flexibility index (Phi) is 9.22. The van der Waals surface area contributed by atoms with Crippen molar-refractivity contribution in [3.8, 4) is 22.4 Å². The molecule has 2 N–H and O–H groups in total. The van der Waals surface area contributed by atoms with Crippen LogP contribution in [0.3, 0.4) is 0 Å².